The number of aryl methyl sites for hydroxylation is 2. The van der Waals surface area contributed by atoms with Gasteiger partial charge in [0.1, 0.15) is 0 Å². The van der Waals surface area contributed by atoms with E-state index in [4.69, 9.17) is 9.47 Å². The quantitative estimate of drug-likeness (QED) is 0.339. The number of benzene rings is 2. The molecule has 0 heterocycles. The maximum absolute atomic E-state index is 12.3. The number of carbonyl (C=O) groups excluding carboxylic acids is 1. The van der Waals surface area contributed by atoms with Crippen molar-refractivity contribution in [2.45, 2.75) is 63.9 Å². The Kier molecular flexibility index (Phi) is 9.25. The molecule has 1 aliphatic carbocycles. The van der Waals surface area contributed by atoms with E-state index in [1.54, 1.807) is 0 Å². The lowest BCUT2D eigenvalue weighted by molar-refractivity contribution is -0.148. The van der Waals surface area contributed by atoms with Gasteiger partial charge in [-0.05, 0) is 68.9 Å². The second-order valence-corrected chi connectivity index (χ2v) is 8.06. The van der Waals surface area contributed by atoms with E-state index in [1.165, 1.54) is 11.1 Å². The van der Waals surface area contributed by atoms with Crippen LogP contribution in [-0.2, 0) is 27.1 Å². The molecule has 1 saturated carbocycles. The smallest absolute Gasteiger partial charge is 0.309 e. The first kappa shape index (κ1) is 21.6. The van der Waals surface area contributed by atoms with Gasteiger partial charge >= 0.3 is 5.97 Å². The van der Waals surface area contributed by atoms with Crippen LogP contribution in [0.15, 0.2) is 60.7 Å². The van der Waals surface area contributed by atoms with Crippen LogP contribution in [0.1, 0.15) is 56.1 Å². The molecule has 3 nitrogen and oxygen atoms in total. The molecule has 1 fully saturated rings. The van der Waals surface area contributed by atoms with E-state index in [2.05, 4.69) is 54.6 Å². The molecule has 1 aliphatic rings. The van der Waals surface area contributed by atoms with Gasteiger partial charge in [0.2, 0.25) is 0 Å². The molecule has 3 heteroatoms. The molecule has 29 heavy (non-hydrogen) atoms. The zero-order valence-electron chi connectivity index (χ0n) is 17.4. The average Bonchev–Trinajstić information content (AvgIpc) is 3.24. The molecule has 0 amide bonds. The maximum Gasteiger partial charge on any atom is 0.309 e. The van der Waals surface area contributed by atoms with Crippen molar-refractivity contribution in [2.75, 3.05) is 13.2 Å². The third-order valence-corrected chi connectivity index (χ3v) is 5.72. The summed E-state index contributed by atoms with van der Waals surface area (Å²) < 4.78 is 11.5. The van der Waals surface area contributed by atoms with E-state index < -0.39 is 0 Å². The van der Waals surface area contributed by atoms with E-state index in [-0.39, 0.29) is 18.0 Å². The molecule has 156 valence electrons. The summed E-state index contributed by atoms with van der Waals surface area (Å²) in [4.78, 5) is 12.3. The first-order chi connectivity index (χ1) is 14.3. The van der Waals surface area contributed by atoms with Gasteiger partial charge in [0.25, 0.3) is 0 Å². The Morgan fingerprint density at radius 3 is 1.97 bits per heavy atom. The molecular weight excluding hydrogens is 360 g/mol. The zero-order valence-corrected chi connectivity index (χ0v) is 17.4. The first-order valence-corrected chi connectivity index (χ1v) is 11.2. The number of esters is 1. The fourth-order valence-corrected chi connectivity index (χ4v) is 4.00. The van der Waals surface area contributed by atoms with Crippen molar-refractivity contribution in [3.8, 4) is 0 Å². The minimum atomic E-state index is -0.0279. The number of hydrogen-bond donors (Lipinski definition) is 0. The normalized spacial score (nSPS) is 18.6. The topological polar surface area (TPSA) is 35.5 Å². The molecule has 0 aromatic heterocycles. The fourth-order valence-electron chi connectivity index (χ4n) is 4.00. The summed E-state index contributed by atoms with van der Waals surface area (Å²) in [6.45, 7) is 1.33. The molecule has 0 N–H and O–H groups in total. The van der Waals surface area contributed by atoms with Crippen LogP contribution in [0, 0.1) is 5.92 Å². The summed E-state index contributed by atoms with van der Waals surface area (Å²) >= 11 is 0. The summed E-state index contributed by atoms with van der Waals surface area (Å²) in [7, 11) is 0. The monoisotopic (exact) mass is 394 g/mol. The minimum absolute atomic E-state index is 0.0263. The van der Waals surface area contributed by atoms with Gasteiger partial charge in [-0.3, -0.25) is 4.79 Å². The Bertz CT molecular complexity index is 698. The van der Waals surface area contributed by atoms with Crippen LogP contribution >= 0.6 is 0 Å². The van der Waals surface area contributed by atoms with Gasteiger partial charge in [0.05, 0.1) is 18.6 Å². The lowest BCUT2D eigenvalue weighted by atomic mass is 10.1. The van der Waals surface area contributed by atoms with Crippen LogP contribution in [0.2, 0.25) is 0 Å². The lowest BCUT2D eigenvalue weighted by Gasteiger charge is -2.13. The minimum Gasteiger partial charge on any atom is -0.465 e. The van der Waals surface area contributed by atoms with E-state index in [0.29, 0.717) is 6.61 Å². The average molecular weight is 395 g/mol. The fraction of sp³-hybridized carbons (Fsp3) is 0.500. The SMILES string of the molecule is O=C(OCCCCc1ccccc1)C1CCC(OCCCCc2ccccc2)C1. The Labute approximate surface area is 175 Å². The van der Waals surface area contributed by atoms with Crippen molar-refractivity contribution in [3.05, 3.63) is 71.8 Å². The van der Waals surface area contributed by atoms with Gasteiger partial charge in [0.15, 0.2) is 0 Å². The maximum atomic E-state index is 12.3. The Morgan fingerprint density at radius 1 is 0.759 bits per heavy atom. The number of rotatable bonds is 12. The summed E-state index contributed by atoms with van der Waals surface area (Å²) in [5.41, 5.74) is 2.73. The number of unbranched alkanes of at least 4 members (excludes halogenated alkanes) is 2. The van der Waals surface area contributed by atoms with Gasteiger partial charge in [-0.1, -0.05) is 60.7 Å². The van der Waals surface area contributed by atoms with Crippen molar-refractivity contribution < 1.29 is 14.3 Å². The molecule has 3 rings (SSSR count). The summed E-state index contributed by atoms with van der Waals surface area (Å²) in [6, 6.07) is 21.0. The highest BCUT2D eigenvalue weighted by Gasteiger charge is 2.31. The second-order valence-electron chi connectivity index (χ2n) is 8.06. The van der Waals surface area contributed by atoms with Crippen molar-refractivity contribution in [2.24, 2.45) is 5.92 Å². The van der Waals surface area contributed by atoms with Gasteiger partial charge in [-0.2, -0.15) is 0 Å². The van der Waals surface area contributed by atoms with Crippen LogP contribution in [0.5, 0.6) is 0 Å². The van der Waals surface area contributed by atoms with E-state index in [9.17, 15) is 4.79 Å². The Balaban J connectivity index is 1.20. The largest absolute Gasteiger partial charge is 0.465 e. The lowest BCUT2D eigenvalue weighted by Crippen LogP contribution is -2.18. The van der Waals surface area contributed by atoms with Crippen LogP contribution in [0.4, 0.5) is 0 Å². The van der Waals surface area contributed by atoms with Crippen LogP contribution < -0.4 is 0 Å². The zero-order chi connectivity index (χ0) is 20.2. The molecule has 2 aromatic rings. The highest BCUT2D eigenvalue weighted by molar-refractivity contribution is 5.72. The van der Waals surface area contributed by atoms with Crippen LogP contribution in [-0.4, -0.2) is 25.3 Å². The van der Waals surface area contributed by atoms with Crippen LogP contribution in [0.25, 0.3) is 0 Å². The van der Waals surface area contributed by atoms with Crippen molar-refractivity contribution >= 4 is 5.97 Å². The Morgan fingerprint density at radius 2 is 1.34 bits per heavy atom. The van der Waals surface area contributed by atoms with Gasteiger partial charge in [0, 0.05) is 6.61 Å². The second kappa shape index (κ2) is 12.4. The van der Waals surface area contributed by atoms with Crippen molar-refractivity contribution in [3.63, 3.8) is 0 Å². The van der Waals surface area contributed by atoms with Crippen molar-refractivity contribution in [1.29, 1.82) is 0 Å². The summed E-state index contributed by atoms with van der Waals surface area (Å²) in [6.07, 6.45) is 9.27. The number of hydrogen-bond acceptors (Lipinski definition) is 3. The Hall–Kier alpha value is -2.13. The molecule has 0 bridgehead atoms. The molecule has 0 saturated heterocycles. The van der Waals surface area contributed by atoms with E-state index in [0.717, 1.165) is 64.4 Å². The standard InChI is InChI=1S/C26H34O3/c27-26(29-20-10-8-16-23-13-5-2-6-14-23)24-17-18-25(21-24)28-19-9-7-15-22-11-3-1-4-12-22/h1-6,11-14,24-25H,7-10,15-21H2. The first-order valence-electron chi connectivity index (χ1n) is 11.2. The predicted octanol–water partition coefficient (Wildman–Crippen LogP) is 5.76. The molecular formula is C26H34O3. The van der Waals surface area contributed by atoms with E-state index >= 15 is 0 Å². The number of ether oxygens (including phenoxy) is 2. The van der Waals surface area contributed by atoms with Gasteiger partial charge in [-0.25, -0.2) is 0 Å². The van der Waals surface area contributed by atoms with Gasteiger partial charge in [-0.15, -0.1) is 0 Å². The molecule has 0 aliphatic heterocycles. The molecule has 2 aromatic carbocycles. The summed E-state index contributed by atoms with van der Waals surface area (Å²) in [5.74, 6) is -0.00155. The van der Waals surface area contributed by atoms with Crippen LogP contribution in [0.3, 0.4) is 0 Å². The van der Waals surface area contributed by atoms with Gasteiger partial charge < -0.3 is 9.47 Å². The highest BCUT2D eigenvalue weighted by Crippen LogP contribution is 2.29. The number of carbonyl (C=O) groups is 1. The van der Waals surface area contributed by atoms with Crippen molar-refractivity contribution in [1.82, 2.24) is 0 Å². The predicted molar refractivity (Wildman–Crippen MR) is 117 cm³/mol. The third kappa shape index (κ3) is 8.02. The molecule has 0 radical (unpaired) electrons. The molecule has 2 atom stereocenters. The molecule has 0 spiro atoms. The highest BCUT2D eigenvalue weighted by atomic mass is 16.5. The van der Waals surface area contributed by atoms with E-state index in [1.807, 2.05) is 6.07 Å². The molecule has 2 unspecified atom stereocenters. The third-order valence-electron chi connectivity index (χ3n) is 5.72. The summed E-state index contributed by atoms with van der Waals surface area (Å²) in [5, 5.41) is 0.